The van der Waals surface area contributed by atoms with Crippen molar-refractivity contribution in [1.82, 2.24) is 10.6 Å². The van der Waals surface area contributed by atoms with Crippen molar-refractivity contribution in [3.8, 4) is 0 Å². The summed E-state index contributed by atoms with van der Waals surface area (Å²) in [5.74, 6) is -0.478. The van der Waals surface area contributed by atoms with Gasteiger partial charge in [0, 0.05) is 6.54 Å². The Hall–Kier alpha value is -1.26. The van der Waals surface area contributed by atoms with Crippen molar-refractivity contribution in [1.29, 1.82) is 0 Å². The van der Waals surface area contributed by atoms with E-state index in [4.69, 9.17) is 0 Å². The van der Waals surface area contributed by atoms with E-state index in [1.54, 1.807) is 6.92 Å². The lowest BCUT2D eigenvalue weighted by Crippen LogP contribution is -2.57. The average Bonchev–Trinajstić information content (AvgIpc) is 3.10. The zero-order chi connectivity index (χ0) is 13.8. The molecule has 1 aliphatic carbocycles. The minimum absolute atomic E-state index is 0.0637. The first kappa shape index (κ1) is 14.8. The van der Waals surface area contributed by atoms with Crippen molar-refractivity contribution in [2.24, 2.45) is 11.8 Å². The van der Waals surface area contributed by atoms with Crippen molar-refractivity contribution in [3.63, 3.8) is 0 Å². The van der Waals surface area contributed by atoms with Crippen LogP contribution in [-0.2, 0) is 4.79 Å². The van der Waals surface area contributed by atoms with E-state index < -0.39 is 11.5 Å². The molecule has 0 heterocycles. The number of carboxylic acids is 1. The molecule has 0 radical (unpaired) electrons. The predicted octanol–water partition coefficient (Wildman–Crippen LogP) is 1.98. The van der Waals surface area contributed by atoms with E-state index in [0.717, 1.165) is 25.7 Å². The maximum Gasteiger partial charge on any atom is 0.329 e. The summed E-state index contributed by atoms with van der Waals surface area (Å²) in [4.78, 5) is 23.0. The molecule has 18 heavy (non-hydrogen) atoms. The van der Waals surface area contributed by atoms with Gasteiger partial charge in [-0.2, -0.15) is 0 Å². The fourth-order valence-electron chi connectivity index (χ4n) is 2.13. The molecular formula is C13H24N2O3. The Morgan fingerprint density at radius 3 is 2.50 bits per heavy atom. The fraction of sp³-hybridized carbons (Fsp3) is 0.846. The SMILES string of the molecule is CCCC(C)CNC(=O)NC(C)(C(=O)O)C1CC1. The Kier molecular flexibility index (Phi) is 4.99. The van der Waals surface area contributed by atoms with Crippen LogP contribution in [0.4, 0.5) is 4.79 Å². The van der Waals surface area contributed by atoms with Gasteiger partial charge < -0.3 is 15.7 Å². The Bertz CT molecular complexity index is 315. The molecule has 104 valence electrons. The minimum atomic E-state index is -1.13. The topological polar surface area (TPSA) is 78.4 Å². The standard InChI is InChI=1S/C13H24N2O3/c1-4-5-9(2)8-14-12(18)15-13(3,11(16)17)10-6-7-10/h9-10H,4-8H2,1-3H3,(H,16,17)(H2,14,15,18). The van der Waals surface area contributed by atoms with Crippen LogP contribution < -0.4 is 10.6 Å². The number of rotatable bonds is 7. The Balaban J connectivity index is 2.40. The molecule has 3 N–H and O–H groups in total. The van der Waals surface area contributed by atoms with Crippen molar-refractivity contribution in [3.05, 3.63) is 0 Å². The third kappa shape index (κ3) is 3.89. The highest BCUT2D eigenvalue weighted by Crippen LogP contribution is 2.39. The van der Waals surface area contributed by atoms with Crippen LogP contribution in [0.3, 0.4) is 0 Å². The van der Waals surface area contributed by atoms with E-state index in [2.05, 4.69) is 24.5 Å². The lowest BCUT2D eigenvalue weighted by molar-refractivity contribution is -0.144. The van der Waals surface area contributed by atoms with Gasteiger partial charge in [-0.1, -0.05) is 20.3 Å². The summed E-state index contributed by atoms with van der Waals surface area (Å²) in [6.45, 7) is 6.34. The highest BCUT2D eigenvalue weighted by molar-refractivity contribution is 5.86. The lowest BCUT2D eigenvalue weighted by atomic mass is 9.96. The van der Waals surface area contributed by atoms with Gasteiger partial charge in [0.25, 0.3) is 0 Å². The number of hydrogen-bond acceptors (Lipinski definition) is 2. The van der Waals surface area contributed by atoms with Crippen LogP contribution in [0.2, 0.25) is 0 Å². The molecule has 0 aromatic heterocycles. The van der Waals surface area contributed by atoms with Gasteiger partial charge >= 0.3 is 12.0 Å². The van der Waals surface area contributed by atoms with Gasteiger partial charge in [-0.25, -0.2) is 9.59 Å². The van der Waals surface area contributed by atoms with Crippen LogP contribution in [0.1, 0.15) is 46.5 Å². The molecule has 0 aromatic carbocycles. The van der Waals surface area contributed by atoms with Crippen LogP contribution >= 0.6 is 0 Å². The summed E-state index contributed by atoms with van der Waals surface area (Å²) >= 11 is 0. The molecule has 0 aliphatic heterocycles. The zero-order valence-electron chi connectivity index (χ0n) is 11.5. The van der Waals surface area contributed by atoms with Gasteiger partial charge in [0.1, 0.15) is 5.54 Å². The van der Waals surface area contributed by atoms with E-state index >= 15 is 0 Å². The van der Waals surface area contributed by atoms with Gasteiger partial charge in [-0.05, 0) is 38.0 Å². The van der Waals surface area contributed by atoms with E-state index in [9.17, 15) is 14.7 Å². The molecule has 0 bridgehead atoms. The number of amides is 2. The molecule has 5 heteroatoms. The normalized spacial score (nSPS) is 19.7. The van der Waals surface area contributed by atoms with Crippen LogP contribution in [0.5, 0.6) is 0 Å². The first-order chi connectivity index (χ1) is 8.40. The highest BCUT2D eigenvalue weighted by Gasteiger charge is 2.48. The summed E-state index contributed by atoms with van der Waals surface area (Å²) in [5.41, 5.74) is -1.13. The smallest absolute Gasteiger partial charge is 0.329 e. The van der Waals surface area contributed by atoms with Crippen molar-refractivity contribution in [2.75, 3.05) is 6.54 Å². The molecule has 1 aliphatic rings. The summed E-state index contributed by atoms with van der Waals surface area (Å²) in [6, 6.07) is -0.380. The Morgan fingerprint density at radius 2 is 2.06 bits per heavy atom. The predicted molar refractivity (Wildman–Crippen MR) is 69.4 cm³/mol. The quantitative estimate of drug-likeness (QED) is 0.651. The minimum Gasteiger partial charge on any atom is -0.480 e. The van der Waals surface area contributed by atoms with Gasteiger partial charge in [-0.3, -0.25) is 0 Å². The van der Waals surface area contributed by atoms with Gasteiger partial charge in [0.15, 0.2) is 0 Å². The molecule has 1 rings (SSSR count). The van der Waals surface area contributed by atoms with E-state index in [1.165, 1.54) is 0 Å². The molecule has 0 spiro atoms. The van der Waals surface area contributed by atoms with Crippen LogP contribution in [0, 0.1) is 11.8 Å². The molecule has 0 saturated heterocycles. The van der Waals surface area contributed by atoms with E-state index in [-0.39, 0.29) is 11.9 Å². The molecular weight excluding hydrogens is 232 g/mol. The number of aliphatic carboxylic acids is 1. The molecule has 1 fully saturated rings. The summed E-state index contributed by atoms with van der Waals surface area (Å²) in [5, 5.41) is 14.6. The van der Waals surface area contributed by atoms with Crippen molar-refractivity contribution in [2.45, 2.75) is 52.0 Å². The number of carbonyl (C=O) groups is 2. The number of hydrogen-bond donors (Lipinski definition) is 3. The number of urea groups is 1. The molecule has 2 atom stereocenters. The maximum atomic E-state index is 11.7. The third-order valence-corrected chi connectivity index (χ3v) is 3.60. The van der Waals surface area contributed by atoms with Gasteiger partial charge in [-0.15, -0.1) is 0 Å². The Morgan fingerprint density at radius 1 is 1.44 bits per heavy atom. The summed E-state index contributed by atoms with van der Waals surface area (Å²) in [6.07, 6.45) is 3.88. The number of nitrogens with one attached hydrogen (secondary N) is 2. The monoisotopic (exact) mass is 256 g/mol. The van der Waals surface area contributed by atoms with E-state index in [1.807, 2.05) is 0 Å². The fourth-order valence-corrected chi connectivity index (χ4v) is 2.13. The zero-order valence-corrected chi connectivity index (χ0v) is 11.5. The summed E-state index contributed by atoms with van der Waals surface area (Å²) in [7, 11) is 0. The first-order valence-electron chi connectivity index (χ1n) is 6.69. The van der Waals surface area contributed by atoms with Crippen LogP contribution in [-0.4, -0.2) is 29.2 Å². The van der Waals surface area contributed by atoms with Crippen LogP contribution in [0.15, 0.2) is 0 Å². The first-order valence-corrected chi connectivity index (χ1v) is 6.69. The molecule has 0 aromatic rings. The maximum absolute atomic E-state index is 11.7. The molecule has 2 amide bonds. The Labute approximate surface area is 108 Å². The number of carboxylic acid groups (broad SMARTS) is 1. The lowest BCUT2D eigenvalue weighted by Gasteiger charge is -2.26. The largest absolute Gasteiger partial charge is 0.480 e. The average molecular weight is 256 g/mol. The van der Waals surface area contributed by atoms with E-state index in [0.29, 0.717) is 12.5 Å². The van der Waals surface area contributed by atoms with Gasteiger partial charge in [0.2, 0.25) is 0 Å². The van der Waals surface area contributed by atoms with Crippen molar-refractivity contribution < 1.29 is 14.7 Å². The highest BCUT2D eigenvalue weighted by atomic mass is 16.4. The van der Waals surface area contributed by atoms with Gasteiger partial charge in [0.05, 0.1) is 0 Å². The second-order valence-electron chi connectivity index (χ2n) is 5.51. The second-order valence-corrected chi connectivity index (χ2v) is 5.51. The second kappa shape index (κ2) is 6.07. The molecule has 5 nitrogen and oxygen atoms in total. The molecule has 1 saturated carbocycles. The molecule has 2 unspecified atom stereocenters. The van der Waals surface area contributed by atoms with Crippen molar-refractivity contribution >= 4 is 12.0 Å². The third-order valence-electron chi connectivity index (χ3n) is 3.60. The number of carbonyl (C=O) groups excluding carboxylic acids is 1. The van der Waals surface area contributed by atoms with Crippen LogP contribution in [0.25, 0.3) is 0 Å². The summed E-state index contributed by atoms with van der Waals surface area (Å²) < 4.78 is 0.